The highest BCUT2D eigenvalue weighted by molar-refractivity contribution is 7.33. The highest BCUT2D eigenvalue weighted by Gasteiger charge is 2.18. The monoisotopic (exact) mass is 668 g/mol. The second-order valence-electron chi connectivity index (χ2n) is 13.2. The first-order valence-corrected chi connectivity index (χ1v) is 18.7. The second kappa shape index (κ2) is 10.9. The molecule has 0 nitrogen and oxygen atoms in total. The van der Waals surface area contributed by atoms with Gasteiger partial charge in [0.1, 0.15) is 0 Å². The Kier molecular flexibility index (Phi) is 6.09. The Hall–Kier alpha value is -5.80. The molecule has 0 unspecified atom stereocenters. The van der Waals surface area contributed by atoms with Gasteiger partial charge in [0, 0.05) is 30.9 Å². The van der Waals surface area contributed by atoms with Gasteiger partial charge >= 0.3 is 0 Å². The van der Waals surface area contributed by atoms with Crippen LogP contribution in [0.5, 0.6) is 0 Å². The molecular formula is C48H28S2. The van der Waals surface area contributed by atoms with Crippen LogP contribution in [0, 0.1) is 0 Å². The molecule has 2 aromatic heterocycles. The summed E-state index contributed by atoms with van der Waals surface area (Å²) in [7, 11) is 0. The number of rotatable bonds is 3. The molecule has 11 rings (SSSR count). The molecule has 0 saturated carbocycles. The van der Waals surface area contributed by atoms with Gasteiger partial charge in [-0.1, -0.05) is 146 Å². The van der Waals surface area contributed by atoms with Crippen LogP contribution in [0.4, 0.5) is 0 Å². The minimum absolute atomic E-state index is 1.24. The van der Waals surface area contributed by atoms with E-state index in [9.17, 15) is 0 Å². The van der Waals surface area contributed by atoms with E-state index in [1.54, 1.807) is 0 Å². The Balaban J connectivity index is 1.05. The van der Waals surface area contributed by atoms with Crippen LogP contribution in [-0.2, 0) is 0 Å². The van der Waals surface area contributed by atoms with Gasteiger partial charge in [0.15, 0.2) is 0 Å². The maximum Gasteiger partial charge on any atom is 0.0534 e. The van der Waals surface area contributed by atoms with Crippen LogP contribution in [0.1, 0.15) is 0 Å². The Morgan fingerprint density at radius 3 is 1.42 bits per heavy atom. The van der Waals surface area contributed by atoms with E-state index in [4.69, 9.17) is 0 Å². The lowest BCUT2D eigenvalue weighted by Crippen LogP contribution is -1.91. The van der Waals surface area contributed by atoms with Crippen LogP contribution in [0.3, 0.4) is 0 Å². The molecular weight excluding hydrogens is 641 g/mol. The van der Waals surface area contributed by atoms with Crippen molar-refractivity contribution in [1.29, 1.82) is 0 Å². The first-order chi connectivity index (χ1) is 24.8. The van der Waals surface area contributed by atoms with Crippen LogP contribution in [-0.4, -0.2) is 0 Å². The third-order valence-corrected chi connectivity index (χ3v) is 13.0. The summed E-state index contributed by atoms with van der Waals surface area (Å²) in [6, 6.07) is 63.0. The highest BCUT2D eigenvalue weighted by atomic mass is 32.1. The van der Waals surface area contributed by atoms with E-state index in [-0.39, 0.29) is 0 Å². The van der Waals surface area contributed by atoms with E-state index in [0.29, 0.717) is 0 Å². The van der Waals surface area contributed by atoms with Crippen molar-refractivity contribution >= 4 is 95.3 Å². The molecule has 0 atom stereocenters. The fourth-order valence-electron chi connectivity index (χ4n) is 8.12. The summed E-state index contributed by atoms with van der Waals surface area (Å²) >= 11 is 3.84. The third-order valence-electron chi connectivity index (χ3n) is 10.5. The predicted molar refractivity (Wildman–Crippen MR) is 221 cm³/mol. The smallest absolute Gasteiger partial charge is 0.0534 e. The average molecular weight is 669 g/mol. The highest BCUT2D eigenvalue weighted by Crippen LogP contribution is 2.46. The maximum absolute atomic E-state index is 2.39. The largest absolute Gasteiger partial charge is 0.134 e. The van der Waals surface area contributed by atoms with Crippen molar-refractivity contribution in [3.63, 3.8) is 0 Å². The van der Waals surface area contributed by atoms with E-state index in [2.05, 4.69) is 170 Å². The zero-order chi connectivity index (χ0) is 32.8. The van der Waals surface area contributed by atoms with Crippen molar-refractivity contribution in [2.24, 2.45) is 0 Å². The number of thiophene rings is 2. The molecule has 0 aliphatic rings. The van der Waals surface area contributed by atoms with Crippen molar-refractivity contribution in [2.75, 3.05) is 0 Å². The fourth-order valence-corrected chi connectivity index (χ4v) is 10.6. The normalized spacial score (nSPS) is 12.0. The van der Waals surface area contributed by atoms with Crippen molar-refractivity contribution in [1.82, 2.24) is 0 Å². The van der Waals surface area contributed by atoms with Gasteiger partial charge in [0.25, 0.3) is 0 Å². The van der Waals surface area contributed by atoms with Crippen molar-refractivity contribution in [3.05, 3.63) is 170 Å². The minimum Gasteiger partial charge on any atom is -0.134 e. The molecule has 0 saturated heterocycles. The van der Waals surface area contributed by atoms with Crippen LogP contribution in [0.15, 0.2) is 170 Å². The summed E-state index contributed by atoms with van der Waals surface area (Å²) in [4.78, 5) is 0. The van der Waals surface area contributed by atoms with Gasteiger partial charge in [-0.15, -0.1) is 22.7 Å². The zero-order valence-corrected chi connectivity index (χ0v) is 28.6. The molecule has 232 valence electrons. The summed E-state index contributed by atoms with van der Waals surface area (Å²) in [5.41, 5.74) is 7.56. The van der Waals surface area contributed by atoms with Gasteiger partial charge in [0.2, 0.25) is 0 Å². The second-order valence-corrected chi connectivity index (χ2v) is 15.3. The lowest BCUT2D eigenvalue weighted by Gasteiger charge is -2.18. The van der Waals surface area contributed by atoms with Crippen LogP contribution in [0.25, 0.3) is 106 Å². The van der Waals surface area contributed by atoms with E-state index < -0.39 is 0 Å². The van der Waals surface area contributed by atoms with Crippen LogP contribution in [0.2, 0.25) is 0 Å². The van der Waals surface area contributed by atoms with E-state index in [1.165, 1.54) is 106 Å². The fraction of sp³-hybridized carbons (Fsp3) is 0. The van der Waals surface area contributed by atoms with Gasteiger partial charge < -0.3 is 0 Å². The Morgan fingerprint density at radius 2 is 0.740 bits per heavy atom. The van der Waals surface area contributed by atoms with Gasteiger partial charge in [-0.05, 0) is 90.0 Å². The topological polar surface area (TPSA) is 0 Å². The lowest BCUT2D eigenvalue weighted by atomic mass is 9.85. The first kappa shape index (κ1) is 28.1. The van der Waals surface area contributed by atoms with E-state index in [1.807, 2.05) is 22.7 Å². The quantitative estimate of drug-likeness (QED) is 0.164. The first-order valence-electron chi connectivity index (χ1n) is 17.1. The van der Waals surface area contributed by atoms with Crippen LogP contribution < -0.4 is 0 Å². The molecule has 50 heavy (non-hydrogen) atoms. The summed E-state index contributed by atoms with van der Waals surface area (Å²) in [6.07, 6.45) is 0. The van der Waals surface area contributed by atoms with Crippen molar-refractivity contribution in [3.8, 4) is 33.4 Å². The zero-order valence-electron chi connectivity index (χ0n) is 27.0. The Morgan fingerprint density at radius 1 is 0.260 bits per heavy atom. The van der Waals surface area contributed by atoms with Crippen molar-refractivity contribution in [2.45, 2.75) is 0 Å². The average Bonchev–Trinajstić information content (AvgIpc) is 3.75. The number of hydrogen-bond donors (Lipinski definition) is 0. The minimum atomic E-state index is 1.24. The summed E-state index contributed by atoms with van der Waals surface area (Å²) in [5, 5.41) is 13.1. The van der Waals surface area contributed by atoms with Crippen molar-refractivity contribution < 1.29 is 0 Å². The maximum atomic E-state index is 2.39. The lowest BCUT2D eigenvalue weighted by molar-refractivity contribution is 1.63. The van der Waals surface area contributed by atoms with E-state index in [0.717, 1.165) is 0 Å². The number of benzene rings is 9. The molecule has 0 aliphatic carbocycles. The molecule has 2 heteroatoms. The SMILES string of the molecule is c1ccc2cc(-c3c4ccccc4c(-c4ccc(-c5ccc6sc7c(ccc8c9ccccc9sc87)c6c5)cc4)c4ccccc34)ccc2c1. The Bertz CT molecular complexity index is 3080. The van der Waals surface area contributed by atoms with Crippen LogP contribution >= 0.6 is 22.7 Å². The molecule has 0 N–H and O–H groups in total. The molecule has 0 amide bonds. The molecule has 0 fully saturated rings. The summed E-state index contributed by atoms with van der Waals surface area (Å²) in [6.45, 7) is 0. The van der Waals surface area contributed by atoms with Gasteiger partial charge in [-0.3, -0.25) is 0 Å². The molecule has 0 bridgehead atoms. The molecule has 0 aliphatic heterocycles. The Labute approximate surface area is 297 Å². The summed E-state index contributed by atoms with van der Waals surface area (Å²) in [5.74, 6) is 0. The molecule has 2 heterocycles. The standard InChI is InChI=1S/C48H28S2/c1-2-10-32-27-34(22-19-29(32)9-1)46-38-14-5-3-12-36(38)45(37-13-4-6-15-39(37)46)31-20-17-30(18-21-31)33-23-26-44-42(28-33)41-25-24-40-35-11-7-8-16-43(35)49-47(40)48(41)50-44/h1-28H. The van der Waals surface area contributed by atoms with Gasteiger partial charge in [0.05, 0.1) is 9.40 Å². The van der Waals surface area contributed by atoms with Gasteiger partial charge in [-0.25, -0.2) is 0 Å². The van der Waals surface area contributed by atoms with Gasteiger partial charge in [-0.2, -0.15) is 0 Å². The summed E-state index contributed by atoms with van der Waals surface area (Å²) < 4.78 is 5.51. The third kappa shape index (κ3) is 4.16. The molecule has 0 spiro atoms. The molecule has 9 aromatic carbocycles. The molecule has 0 radical (unpaired) electrons. The number of fused-ring (bicyclic) bond motifs is 10. The predicted octanol–water partition coefficient (Wildman–Crippen LogP) is 14.9. The number of hydrogen-bond acceptors (Lipinski definition) is 2. The molecule has 11 aromatic rings. The van der Waals surface area contributed by atoms with E-state index >= 15 is 0 Å².